The fourth-order valence-electron chi connectivity index (χ4n) is 3.18. The lowest BCUT2D eigenvalue weighted by molar-refractivity contribution is -0.139. The molecule has 0 saturated carbocycles. The molecule has 10 heteroatoms. The molecule has 0 saturated heterocycles. The molecule has 0 aliphatic rings. The highest BCUT2D eigenvalue weighted by Crippen LogP contribution is 2.21. The number of hydrogen-bond donors (Lipinski definition) is 1. The summed E-state index contributed by atoms with van der Waals surface area (Å²) < 4.78 is 28.2. The zero-order valence-corrected chi connectivity index (χ0v) is 21.8. The van der Waals surface area contributed by atoms with Crippen LogP contribution in [-0.4, -0.2) is 62.7 Å². The second-order valence-corrected chi connectivity index (χ2v) is 11.1. The topological polar surface area (TPSA) is 90.0 Å². The van der Waals surface area contributed by atoms with Crippen LogP contribution in [0.2, 0.25) is 5.02 Å². The van der Waals surface area contributed by atoms with E-state index in [-0.39, 0.29) is 18.4 Å². The van der Waals surface area contributed by atoms with Crippen LogP contribution in [0.1, 0.15) is 26.3 Å². The van der Waals surface area contributed by atoms with E-state index in [1.165, 1.54) is 19.0 Å². The molecule has 0 radical (unpaired) electrons. The van der Waals surface area contributed by atoms with Gasteiger partial charge < -0.3 is 10.2 Å². The van der Waals surface area contributed by atoms with Crippen molar-refractivity contribution in [1.82, 2.24) is 14.5 Å². The third-order valence-electron chi connectivity index (χ3n) is 5.16. The number of anilines is 1. The van der Waals surface area contributed by atoms with Crippen molar-refractivity contribution in [2.45, 2.75) is 33.4 Å². The highest BCUT2D eigenvalue weighted by atomic mass is 35.5. The minimum absolute atomic E-state index is 0.0975. The van der Waals surface area contributed by atoms with E-state index < -0.39 is 28.7 Å². The normalized spacial score (nSPS) is 12.5. The molecule has 186 valence electrons. The van der Waals surface area contributed by atoms with Gasteiger partial charge in [0.1, 0.15) is 12.6 Å². The number of halogens is 1. The predicted octanol–water partition coefficient (Wildman–Crippen LogP) is 3.14. The number of nitrogens with zero attached hydrogens (tertiary/aromatic N) is 3. The Morgan fingerprint density at radius 1 is 1.00 bits per heavy atom. The van der Waals surface area contributed by atoms with Gasteiger partial charge in [0.05, 0.1) is 5.69 Å². The first kappa shape index (κ1) is 27.6. The van der Waals surface area contributed by atoms with Crippen molar-refractivity contribution in [1.29, 1.82) is 0 Å². The Balaban J connectivity index is 2.40. The quantitative estimate of drug-likeness (QED) is 0.505. The third kappa shape index (κ3) is 7.44. The lowest BCUT2D eigenvalue weighted by Crippen LogP contribution is -2.52. The Kier molecular flexibility index (Phi) is 9.90. The second-order valence-electron chi connectivity index (χ2n) is 8.60. The SMILES string of the molecule is CC(C)CNC(=O)[C@@H](C)N(Cc1cccc(Cl)c1)C(=O)CN(c1ccccc1)S(=O)(=O)N(C)C. The summed E-state index contributed by atoms with van der Waals surface area (Å²) >= 11 is 6.12. The number of hydrogen-bond acceptors (Lipinski definition) is 4. The molecule has 34 heavy (non-hydrogen) atoms. The van der Waals surface area contributed by atoms with E-state index in [4.69, 9.17) is 11.6 Å². The van der Waals surface area contributed by atoms with Gasteiger partial charge in [-0.05, 0) is 42.7 Å². The Bertz CT molecular complexity index is 1080. The number of nitrogens with one attached hydrogen (secondary N) is 1. The molecule has 2 aromatic rings. The molecule has 2 rings (SSSR count). The Morgan fingerprint density at radius 2 is 1.65 bits per heavy atom. The van der Waals surface area contributed by atoms with Crippen LogP contribution >= 0.6 is 11.6 Å². The average Bonchev–Trinajstić information content (AvgIpc) is 2.79. The van der Waals surface area contributed by atoms with Gasteiger partial charge in [-0.3, -0.25) is 9.59 Å². The number of rotatable bonds is 11. The van der Waals surface area contributed by atoms with E-state index in [1.54, 1.807) is 61.5 Å². The van der Waals surface area contributed by atoms with Gasteiger partial charge in [-0.25, -0.2) is 4.31 Å². The van der Waals surface area contributed by atoms with E-state index in [1.807, 2.05) is 13.8 Å². The first-order valence-corrected chi connectivity index (χ1v) is 12.8. The minimum atomic E-state index is -3.97. The number of amides is 2. The van der Waals surface area contributed by atoms with Gasteiger partial charge in [-0.2, -0.15) is 12.7 Å². The van der Waals surface area contributed by atoms with Gasteiger partial charge in [0, 0.05) is 32.2 Å². The molecule has 0 aliphatic carbocycles. The molecule has 2 amide bonds. The number of benzene rings is 2. The van der Waals surface area contributed by atoms with Crippen molar-refractivity contribution in [3.05, 3.63) is 65.2 Å². The fraction of sp³-hybridized carbons (Fsp3) is 0.417. The largest absolute Gasteiger partial charge is 0.354 e. The summed E-state index contributed by atoms with van der Waals surface area (Å²) in [4.78, 5) is 27.8. The van der Waals surface area contributed by atoms with Crippen LogP contribution in [0.4, 0.5) is 5.69 Å². The lowest BCUT2D eigenvalue weighted by Gasteiger charge is -2.33. The predicted molar refractivity (Wildman–Crippen MR) is 136 cm³/mol. The van der Waals surface area contributed by atoms with Gasteiger partial charge in [0.25, 0.3) is 0 Å². The van der Waals surface area contributed by atoms with Crippen LogP contribution in [0, 0.1) is 5.92 Å². The fourth-order valence-corrected chi connectivity index (χ4v) is 4.45. The molecular formula is C24H33ClN4O4S. The number of carbonyl (C=O) groups excluding carboxylic acids is 2. The Labute approximate surface area is 207 Å². The van der Waals surface area contributed by atoms with Crippen LogP contribution in [0.25, 0.3) is 0 Å². The van der Waals surface area contributed by atoms with E-state index >= 15 is 0 Å². The third-order valence-corrected chi connectivity index (χ3v) is 7.21. The van der Waals surface area contributed by atoms with Crippen LogP contribution in [0.15, 0.2) is 54.6 Å². The van der Waals surface area contributed by atoms with Crippen molar-refractivity contribution < 1.29 is 18.0 Å². The van der Waals surface area contributed by atoms with Crippen molar-refractivity contribution in [2.24, 2.45) is 5.92 Å². The molecule has 1 atom stereocenters. The molecular weight excluding hydrogens is 476 g/mol. The first-order chi connectivity index (χ1) is 15.9. The molecule has 0 spiro atoms. The van der Waals surface area contributed by atoms with Gasteiger partial charge >= 0.3 is 10.2 Å². The molecule has 0 heterocycles. The zero-order valence-electron chi connectivity index (χ0n) is 20.2. The Hall–Kier alpha value is -2.62. The molecule has 0 aromatic heterocycles. The van der Waals surface area contributed by atoms with E-state index in [0.29, 0.717) is 17.3 Å². The summed E-state index contributed by atoms with van der Waals surface area (Å²) in [6, 6.07) is 14.6. The van der Waals surface area contributed by atoms with Crippen LogP contribution in [-0.2, 0) is 26.3 Å². The van der Waals surface area contributed by atoms with Crippen molar-refractivity contribution in [3.8, 4) is 0 Å². The van der Waals surface area contributed by atoms with Crippen LogP contribution in [0.5, 0.6) is 0 Å². The van der Waals surface area contributed by atoms with Gasteiger partial charge in [0.2, 0.25) is 11.8 Å². The lowest BCUT2D eigenvalue weighted by atomic mass is 10.1. The van der Waals surface area contributed by atoms with E-state index in [2.05, 4.69) is 5.32 Å². The van der Waals surface area contributed by atoms with E-state index in [0.717, 1.165) is 14.2 Å². The van der Waals surface area contributed by atoms with Crippen LogP contribution < -0.4 is 9.62 Å². The summed E-state index contributed by atoms with van der Waals surface area (Å²) in [5.74, 6) is -0.584. The maximum Gasteiger partial charge on any atom is 0.304 e. The molecule has 0 unspecified atom stereocenters. The molecule has 0 bridgehead atoms. The molecule has 8 nitrogen and oxygen atoms in total. The van der Waals surface area contributed by atoms with E-state index in [9.17, 15) is 18.0 Å². The van der Waals surface area contributed by atoms with Gasteiger partial charge in [0.15, 0.2) is 0 Å². The highest BCUT2D eigenvalue weighted by molar-refractivity contribution is 7.90. The second kappa shape index (κ2) is 12.2. The standard InChI is InChI=1S/C24H33ClN4O4S/c1-18(2)15-26-24(31)19(3)28(16-20-10-9-11-21(25)14-20)23(30)17-29(34(32,33)27(4)5)22-12-7-6-8-13-22/h6-14,18-19H,15-17H2,1-5H3,(H,26,31)/t19-/m1/s1. The number of para-hydroxylation sites is 1. The van der Waals surface area contributed by atoms with Gasteiger partial charge in [-0.1, -0.05) is 55.8 Å². The summed E-state index contributed by atoms with van der Waals surface area (Å²) in [6.45, 7) is 5.68. The van der Waals surface area contributed by atoms with Crippen molar-refractivity contribution in [2.75, 3.05) is 31.5 Å². The number of carbonyl (C=O) groups is 2. The molecule has 1 N–H and O–H groups in total. The maximum absolute atomic E-state index is 13.6. The monoisotopic (exact) mass is 508 g/mol. The molecule has 2 aromatic carbocycles. The minimum Gasteiger partial charge on any atom is -0.354 e. The smallest absolute Gasteiger partial charge is 0.304 e. The van der Waals surface area contributed by atoms with Gasteiger partial charge in [-0.15, -0.1) is 0 Å². The van der Waals surface area contributed by atoms with Crippen molar-refractivity contribution in [3.63, 3.8) is 0 Å². The molecule has 0 fully saturated rings. The summed E-state index contributed by atoms with van der Waals surface area (Å²) in [6.07, 6.45) is 0. The summed E-state index contributed by atoms with van der Waals surface area (Å²) in [5.41, 5.74) is 1.08. The summed E-state index contributed by atoms with van der Waals surface area (Å²) in [7, 11) is -1.16. The molecule has 0 aliphatic heterocycles. The van der Waals surface area contributed by atoms with Crippen molar-refractivity contribution >= 4 is 39.3 Å². The zero-order chi connectivity index (χ0) is 25.5. The average molecular weight is 509 g/mol. The first-order valence-electron chi connectivity index (χ1n) is 11.0. The maximum atomic E-state index is 13.6. The van der Waals surface area contributed by atoms with Crippen LogP contribution in [0.3, 0.4) is 0 Å². The summed E-state index contributed by atoms with van der Waals surface area (Å²) in [5, 5.41) is 3.35. The highest BCUT2D eigenvalue weighted by Gasteiger charge is 2.32. The Morgan fingerprint density at radius 3 is 2.21 bits per heavy atom.